The lowest BCUT2D eigenvalue weighted by Gasteiger charge is -2.26. The van der Waals surface area contributed by atoms with Gasteiger partial charge in [0, 0.05) is 6.04 Å². The van der Waals surface area contributed by atoms with E-state index in [2.05, 4.69) is 17.3 Å². The maximum Gasteiger partial charge on any atom is 0.00922 e. The maximum absolute atomic E-state index is 3.21. The molecular formula is C13H28N2. The Balaban J connectivity index is 2.11. The summed E-state index contributed by atoms with van der Waals surface area (Å²) >= 11 is 0. The summed E-state index contributed by atoms with van der Waals surface area (Å²) in [7, 11) is 4.35. The van der Waals surface area contributed by atoms with E-state index in [0.29, 0.717) is 0 Å². The van der Waals surface area contributed by atoms with Crippen molar-refractivity contribution in [3.05, 3.63) is 0 Å². The average Bonchev–Trinajstić information content (AvgIpc) is 2.52. The average molecular weight is 212 g/mol. The minimum Gasteiger partial charge on any atom is -0.320 e. The molecule has 1 fully saturated rings. The molecule has 90 valence electrons. The van der Waals surface area contributed by atoms with Crippen molar-refractivity contribution in [1.82, 2.24) is 10.2 Å². The third-order valence-corrected chi connectivity index (χ3v) is 3.64. The zero-order chi connectivity index (χ0) is 10.9. The monoisotopic (exact) mass is 212 g/mol. The van der Waals surface area contributed by atoms with Crippen LogP contribution in [0.15, 0.2) is 0 Å². The van der Waals surface area contributed by atoms with Gasteiger partial charge in [0.2, 0.25) is 0 Å². The first-order valence-corrected chi connectivity index (χ1v) is 6.69. The molecule has 2 heteroatoms. The number of nitrogens with zero attached hydrogens (tertiary/aromatic N) is 1. The lowest BCUT2D eigenvalue weighted by molar-refractivity contribution is 0.217. The van der Waals surface area contributed by atoms with E-state index in [4.69, 9.17) is 0 Å². The number of rotatable bonds is 6. The summed E-state index contributed by atoms with van der Waals surface area (Å²) in [6, 6.07) is 0.877. The molecule has 1 aliphatic carbocycles. The molecule has 1 rings (SSSR count). The van der Waals surface area contributed by atoms with Crippen molar-refractivity contribution in [2.45, 2.75) is 57.4 Å². The minimum absolute atomic E-state index is 0.877. The van der Waals surface area contributed by atoms with Gasteiger partial charge in [0.15, 0.2) is 0 Å². The first kappa shape index (κ1) is 13.0. The molecular weight excluding hydrogens is 184 g/mol. The third kappa shape index (κ3) is 5.53. The molecule has 0 aliphatic heterocycles. The largest absolute Gasteiger partial charge is 0.320 e. The van der Waals surface area contributed by atoms with E-state index in [1.807, 2.05) is 7.05 Å². The van der Waals surface area contributed by atoms with Gasteiger partial charge in [0.25, 0.3) is 0 Å². The Kier molecular flexibility index (Phi) is 7.03. The Bertz CT molecular complexity index is 139. The summed E-state index contributed by atoms with van der Waals surface area (Å²) in [5, 5.41) is 3.21. The highest BCUT2D eigenvalue weighted by Gasteiger charge is 2.15. The fourth-order valence-corrected chi connectivity index (χ4v) is 2.54. The summed E-state index contributed by atoms with van der Waals surface area (Å²) in [6.45, 7) is 2.45. The summed E-state index contributed by atoms with van der Waals surface area (Å²) < 4.78 is 0. The molecule has 15 heavy (non-hydrogen) atoms. The Hall–Kier alpha value is -0.0800. The van der Waals surface area contributed by atoms with Gasteiger partial charge in [-0.2, -0.15) is 0 Å². The zero-order valence-electron chi connectivity index (χ0n) is 10.6. The van der Waals surface area contributed by atoms with Crippen LogP contribution in [0.25, 0.3) is 0 Å². The second-order valence-electron chi connectivity index (χ2n) is 4.94. The van der Waals surface area contributed by atoms with E-state index in [1.165, 1.54) is 64.5 Å². The summed E-state index contributed by atoms with van der Waals surface area (Å²) in [6.07, 6.45) is 11.3. The normalized spacial score (nSPS) is 19.4. The molecule has 1 aliphatic rings. The van der Waals surface area contributed by atoms with E-state index in [9.17, 15) is 0 Å². The van der Waals surface area contributed by atoms with Gasteiger partial charge in [0.05, 0.1) is 0 Å². The van der Waals surface area contributed by atoms with Crippen LogP contribution in [0, 0.1) is 0 Å². The van der Waals surface area contributed by atoms with E-state index in [0.717, 1.165) is 6.04 Å². The van der Waals surface area contributed by atoms with E-state index >= 15 is 0 Å². The zero-order valence-corrected chi connectivity index (χ0v) is 10.6. The number of hydrogen-bond donors (Lipinski definition) is 1. The van der Waals surface area contributed by atoms with Gasteiger partial charge in [-0.15, -0.1) is 0 Å². The molecule has 0 spiro atoms. The lowest BCUT2D eigenvalue weighted by atomic mass is 10.1. The highest BCUT2D eigenvalue weighted by atomic mass is 15.1. The standard InChI is InChI=1S/C13H28N2/c1-14-11-7-8-12-15(2)13-9-5-3-4-6-10-13/h13-14H,3-12H2,1-2H3. The fourth-order valence-electron chi connectivity index (χ4n) is 2.54. The van der Waals surface area contributed by atoms with Crippen LogP contribution >= 0.6 is 0 Å². The Morgan fingerprint density at radius 2 is 1.73 bits per heavy atom. The van der Waals surface area contributed by atoms with E-state index in [1.54, 1.807) is 0 Å². The predicted octanol–water partition coefficient (Wildman–Crippen LogP) is 2.64. The van der Waals surface area contributed by atoms with Crippen LogP contribution in [-0.2, 0) is 0 Å². The molecule has 1 N–H and O–H groups in total. The molecule has 2 nitrogen and oxygen atoms in total. The van der Waals surface area contributed by atoms with Gasteiger partial charge >= 0.3 is 0 Å². The van der Waals surface area contributed by atoms with Gasteiger partial charge in [-0.1, -0.05) is 25.7 Å². The smallest absolute Gasteiger partial charge is 0.00922 e. The van der Waals surface area contributed by atoms with E-state index < -0.39 is 0 Å². The van der Waals surface area contributed by atoms with Gasteiger partial charge < -0.3 is 10.2 Å². The number of unbranched alkanes of at least 4 members (excludes halogenated alkanes) is 1. The molecule has 0 atom stereocenters. The molecule has 0 aromatic heterocycles. The van der Waals surface area contributed by atoms with Crippen molar-refractivity contribution in [3.8, 4) is 0 Å². The highest BCUT2D eigenvalue weighted by Crippen LogP contribution is 2.21. The molecule has 0 saturated heterocycles. The van der Waals surface area contributed by atoms with Crippen LogP contribution in [-0.4, -0.2) is 38.1 Å². The molecule has 0 heterocycles. The maximum atomic E-state index is 3.21. The van der Waals surface area contributed by atoms with Crippen molar-refractivity contribution >= 4 is 0 Å². The van der Waals surface area contributed by atoms with Crippen LogP contribution in [0.4, 0.5) is 0 Å². The van der Waals surface area contributed by atoms with Crippen molar-refractivity contribution in [3.63, 3.8) is 0 Å². The SMILES string of the molecule is CNCCCCN(C)C1CCCCCC1. The molecule has 0 bridgehead atoms. The highest BCUT2D eigenvalue weighted by molar-refractivity contribution is 4.72. The molecule has 1 saturated carbocycles. The Morgan fingerprint density at radius 1 is 1.07 bits per heavy atom. The Labute approximate surface area is 95.4 Å². The van der Waals surface area contributed by atoms with Crippen LogP contribution in [0.3, 0.4) is 0 Å². The third-order valence-electron chi connectivity index (χ3n) is 3.64. The molecule has 0 radical (unpaired) electrons. The van der Waals surface area contributed by atoms with Crippen molar-refractivity contribution in [2.24, 2.45) is 0 Å². The Morgan fingerprint density at radius 3 is 2.33 bits per heavy atom. The summed E-state index contributed by atoms with van der Waals surface area (Å²) in [5.74, 6) is 0. The number of nitrogens with one attached hydrogen (secondary N) is 1. The van der Waals surface area contributed by atoms with Gasteiger partial charge in [-0.25, -0.2) is 0 Å². The predicted molar refractivity (Wildman–Crippen MR) is 67.3 cm³/mol. The second kappa shape index (κ2) is 8.12. The fraction of sp³-hybridized carbons (Fsp3) is 1.00. The van der Waals surface area contributed by atoms with Gasteiger partial charge in [-0.3, -0.25) is 0 Å². The van der Waals surface area contributed by atoms with Crippen molar-refractivity contribution < 1.29 is 0 Å². The quantitative estimate of drug-likeness (QED) is 0.538. The van der Waals surface area contributed by atoms with Crippen molar-refractivity contribution in [2.75, 3.05) is 27.2 Å². The molecule has 0 aromatic rings. The molecule has 0 aromatic carbocycles. The second-order valence-corrected chi connectivity index (χ2v) is 4.94. The van der Waals surface area contributed by atoms with Crippen molar-refractivity contribution in [1.29, 1.82) is 0 Å². The lowest BCUT2D eigenvalue weighted by Crippen LogP contribution is -2.32. The number of hydrogen-bond acceptors (Lipinski definition) is 2. The van der Waals surface area contributed by atoms with Crippen LogP contribution in [0.1, 0.15) is 51.4 Å². The topological polar surface area (TPSA) is 15.3 Å². The summed E-state index contributed by atoms with van der Waals surface area (Å²) in [5.41, 5.74) is 0. The molecule has 0 amide bonds. The first-order valence-electron chi connectivity index (χ1n) is 6.69. The summed E-state index contributed by atoms with van der Waals surface area (Å²) in [4.78, 5) is 2.60. The van der Waals surface area contributed by atoms with Gasteiger partial charge in [-0.05, 0) is 52.9 Å². The van der Waals surface area contributed by atoms with Crippen LogP contribution < -0.4 is 5.32 Å². The molecule has 0 unspecified atom stereocenters. The van der Waals surface area contributed by atoms with Crippen LogP contribution in [0.5, 0.6) is 0 Å². The minimum atomic E-state index is 0.877. The van der Waals surface area contributed by atoms with Crippen LogP contribution in [0.2, 0.25) is 0 Å². The van der Waals surface area contributed by atoms with Gasteiger partial charge in [0.1, 0.15) is 0 Å². The van der Waals surface area contributed by atoms with E-state index in [-0.39, 0.29) is 0 Å². The first-order chi connectivity index (χ1) is 7.34.